The molecule has 0 amide bonds. The molecule has 0 saturated heterocycles. The van der Waals surface area contributed by atoms with Gasteiger partial charge in [-0.2, -0.15) is 0 Å². The van der Waals surface area contributed by atoms with E-state index in [9.17, 15) is 0 Å². The number of hydrogen-bond acceptors (Lipinski definition) is 0. The molecule has 0 N–H and O–H groups in total. The van der Waals surface area contributed by atoms with E-state index in [0.717, 1.165) is 35.5 Å². The third-order valence-corrected chi connectivity index (χ3v) is 9.23. The summed E-state index contributed by atoms with van der Waals surface area (Å²) < 4.78 is 2.66. The maximum absolute atomic E-state index is 2.66. The third-order valence-electron chi connectivity index (χ3n) is 9.23. The van der Waals surface area contributed by atoms with E-state index in [1.165, 1.54) is 79.7 Å². The first-order valence-corrected chi connectivity index (χ1v) is 13.1. The zero-order valence-electron chi connectivity index (χ0n) is 19.9. The molecule has 2 aliphatic carbocycles. The van der Waals surface area contributed by atoms with Gasteiger partial charge in [-0.05, 0) is 79.7 Å². The van der Waals surface area contributed by atoms with Crippen LogP contribution in [0.5, 0.6) is 0 Å². The molecule has 2 aliphatic rings. The molecule has 5 rings (SSSR count). The lowest BCUT2D eigenvalue weighted by Crippen LogP contribution is -2.16. The van der Waals surface area contributed by atoms with Gasteiger partial charge in [0.2, 0.25) is 0 Å². The first-order chi connectivity index (χ1) is 15.2. The summed E-state index contributed by atoms with van der Waals surface area (Å²) in [4.78, 5) is 0. The fraction of sp³-hybridized carbons (Fsp3) is 0.600. The Balaban J connectivity index is 1.36. The zero-order valence-corrected chi connectivity index (χ0v) is 19.9. The SMILES string of the molecule is CCC1CC(CCC2CC(C)C(CC)C2)C(Cn2c3ccccc3c3ccccc32)C1. The van der Waals surface area contributed by atoms with Crippen LogP contribution in [0.1, 0.15) is 72.1 Å². The maximum Gasteiger partial charge on any atom is 0.0491 e. The van der Waals surface area contributed by atoms with Gasteiger partial charge in [-0.25, -0.2) is 0 Å². The molecule has 2 aromatic carbocycles. The minimum atomic E-state index is 0.838. The largest absolute Gasteiger partial charge is 0.340 e. The molecule has 0 bridgehead atoms. The monoisotopic (exact) mass is 415 g/mol. The van der Waals surface area contributed by atoms with E-state index in [-0.39, 0.29) is 0 Å². The van der Waals surface area contributed by atoms with Crippen molar-refractivity contribution in [2.24, 2.45) is 35.5 Å². The van der Waals surface area contributed by atoms with E-state index >= 15 is 0 Å². The van der Waals surface area contributed by atoms with Gasteiger partial charge in [-0.3, -0.25) is 0 Å². The van der Waals surface area contributed by atoms with Gasteiger partial charge in [0.25, 0.3) is 0 Å². The lowest BCUT2D eigenvalue weighted by Gasteiger charge is -2.23. The van der Waals surface area contributed by atoms with Crippen molar-refractivity contribution < 1.29 is 0 Å². The Kier molecular flexibility index (Phi) is 6.13. The van der Waals surface area contributed by atoms with E-state index in [4.69, 9.17) is 0 Å². The zero-order chi connectivity index (χ0) is 21.4. The first kappa shape index (κ1) is 21.1. The molecular weight excluding hydrogens is 374 g/mol. The van der Waals surface area contributed by atoms with E-state index in [0.29, 0.717) is 0 Å². The summed E-state index contributed by atoms with van der Waals surface area (Å²) in [6.45, 7) is 8.51. The van der Waals surface area contributed by atoms with E-state index in [1.807, 2.05) is 0 Å². The normalized spacial score (nSPS) is 31.2. The van der Waals surface area contributed by atoms with Crippen molar-refractivity contribution in [1.29, 1.82) is 0 Å². The van der Waals surface area contributed by atoms with Gasteiger partial charge >= 0.3 is 0 Å². The third kappa shape index (κ3) is 4.06. The van der Waals surface area contributed by atoms with Crippen molar-refractivity contribution in [1.82, 2.24) is 4.57 Å². The summed E-state index contributed by atoms with van der Waals surface area (Å²) >= 11 is 0. The van der Waals surface area contributed by atoms with Crippen LogP contribution in [-0.4, -0.2) is 4.57 Å². The van der Waals surface area contributed by atoms with Gasteiger partial charge in [0, 0.05) is 28.4 Å². The average molecular weight is 416 g/mol. The maximum atomic E-state index is 2.66. The minimum absolute atomic E-state index is 0.838. The van der Waals surface area contributed by atoms with Crippen LogP contribution in [0.2, 0.25) is 0 Å². The van der Waals surface area contributed by atoms with Crippen LogP contribution in [0.4, 0.5) is 0 Å². The number of fused-ring (bicyclic) bond motifs is 3. The summed E-state index contributed by atoms with van der Waals surface area (Å²) in [7, 11) is 0. The highest BCUT2D eigenvalue weighted by atomic mass is 15.0. The van der Waals surface area contributed by atoms with Crippen LogP contribution in [0, 0.1) is 35.5 Å². The van der Waals surface area contributed by atoms with Crippen LogP contribution in [0.15, 0.2) is 48.5 Å². The van der Waals surface area contributed by atoms with Gasteiger partial charge in [-0.15, -0.1) is 0 Å². The van der Waals surface area contributed by atoms with Crippen LogP contribution in [0.25, 0.3) is 21.8 Å². The summed E-state index contributed by atoms with van der Waals surface area (Å²) in [5.41, 5.74) is 2.86. The number of rotatable bonds is 7. The molecule has 0 radical (unpaired) electrons. The van der Waals surface area contributed by atoms with Gasteiger partial charge in [0.05, 0.1) is 0 Å². The average Bonchev–Trinajstić information content (AvgIpc) is 3.46. The predicted molar refractivity (Wildman–Crippen MR) is 134 cm³/mol. The summed E-state index contributed by atoms with van der Waals surface area (Å²) in [5.74, 6) is 5.63. The number of nitrogens with zero attached hydrogens (tertiary/aromatic N) is 1. The lowest BCUT2D eigenvalue weighted by molar-refractivity contribution is 0.299. The fourth-order valence-corrected chi connectivity index (χ4v) is 7.41. The van der Waals surface area contributed by atoms with Crippen molar-refractivity contribution in [2.45, 2.75) is 78.7 Å². The van der Waals surface area contributed by atoms with E-state index < -0.39 is 0 Å². The summed E-state index contributed by atoms with van der Waals surface area (Å²) in [5, 5.41) is 2.84. The molecule has 1 heterocycles. The minimum Gasteiger partial charge on any atom is -0.340 e. The van der Waals surface area contributed by atoms with Gasteiger partial charge in [0.15, 0.2) is 0 Å². The standard InChI is InChI=1S/C30H41N/c1-4-22-17-25(15-14-23-16-21(3)24(5-2)19-23)26(18-22)20-31-29-12-8-6-10-27(29)28-11-7-9-13-30(28)31/h6-13,21-26H,4-5,14-20H2,1-3H3. The number of benzene rings is 2. The topological polar surface area (TPSA) is 4.93 Å². The van der Waals surface area contributed by atoms with Crippen molar-refractivity contribution >= 4 is 21.8 Å². The second kappa shape index (κ2) is 9.00. The number of hydrogen-bond donors (Lipinski definition) is 0. The van der Waals surface area contributed by atoms with Crippen molar-refractivity contribution in [3.05, 3.63) is 48.5 Å². The Morgan fingerprint density at radius 2 is 1.29 bits per heavy atom. The molecule has 166 valence electrons. The molecular formula is C30H41N. The molecule has 2 saturated carbocycles. The predicted octanol–water partition coefficient (Wildman–Crippen LogP) is 8.70. The smallest absolute Gasteiger partial charge is 0.0491 e. The van der Waals surface area contributed by atoms with Gasteiger partial charge in [0.1, 0.15) is 0 Å². The van der Waals surface area contributed by atoms with E-state index in [1.54, 1.807) is 0 Å². The summed E-state index contributed by atoms with van der Waals surface area (Å²) in [6.07, 6.45) is 11.6. The molecule has 0 aliphatic heterocycles. The highest BCUT2D eigenvalue weighted by Crippen LogP contribution is 2.46. The quantitative estimate of drug-likeness (QED) is 0.363. The fourth-order valence-electron chi connectivity index (χ4n) is 7.41. The molecule has 3 aromatic rings. The number of aromatic nitrogens is 1. The molecule has 6 atom stereocenters. The Morgan fingerprint density at radius 1 is 0.677 bits per heavy atom. The van der Waals surface area contributed by atoms with Crippen LogP contribution < -0.4 is 0 Å². The Morgan fingerprint density at radius 3 is 1.90 bits per heavy atom. The van der Waals surface area contributed by atoms with Crippen molar-refractivity contribution in [2.75, 3.05) is 0 Å². The lowest BCUT2D eigenvalue weighted by atomic mass is 9.87. The van der Waals surface area contributed by atoms with Crippen LogP contribution in [-0.2, 0) is 6.54 Å². The molecule has 1 nitrogen and oxygen atoms in total. The number of para-hydroxylation sites is 2. The van der Waals surface area contributed by atoms with Gasteiger partial charge < -0.3 is 4.57 Å². The molecule has 2 fully saturated rings. The first-order valence-electron chi connectivity index (χ1n) is 13.1. The van der Waals surface area contributed by atoms with Crippen molar-refractivity contribution in [3.63, 3.8) is 0 Å². The van der Waals surface area contributed by atoms with Gasteiger partial charge in [-0.1, -0.05) is 76.4 Å². The molecule has 1 heteroatoms. The van der Waals surface area contributed by atoms with Crippen LogP contribution in [0.3, 0.4) is 0 Å². The molecule has 0 spiro atoms. The molecule has 31 heavy (non-hydrogen) atoms. The molecule has 1 aromatic heterocycles. The Labute approximate surface area is 189 Å². The molecule has 6 unspecified atom stereocenters. The van der Waals surface area contributed by atoms with E-state index in [2.05, 4.69) is 73.9 Å². The summed E-state index contributed by atoms with van der Waals surface area (Å²) in [6, 6.07) is 18.1. The van der Waals surface area contributed by atoms with Crippen molar-refractivity contribution in [3.8, 4) is 0 Å². The Hall–Kier alpha value is -1.76. The second-order valence-electron chi connectivity index (χ2n) is 11.0. The second-order valence-corrected chi connectivity index (χ2v) is 11.0. The highest BCUT2D eigenvalue weighted by Gasteiger charge is 2.36. The Bertz CT molecular complexity index is 960. The van der Waals surface area contributed by atoms with Crippen LogP contribution >= 0.6 is 0 Å². The highest BCUT2D eigenvalue weighted by molar-refractivity contribution is 6.07.